The van der Waals surface area contributed by atoms with Gasteiger partial charge in [0.2, 0.25) is 0 Å². The number of fused-ring (bicyclic) bond motifs is 3. The third kappa shape index (κ3) is 1.62. The highest BCUT2D eigenvalue weighted by molar-refractivity contribution is 5.91. The summed E-state index contributed by atoms with van der Waals surface area (Å²) < 4.78 is 5.77. The van der Waals surface area contributed by atoms with Crippen LogP contribution in [0.25, 0.3) is 10.8 Å². The van der Waals surface area contributed by atoms with Crippen LogP contribution in [0.1, 0.15) is 29.9 Å². The Kier molecular flexibility index (Phi) is 2.29. The highest BCUT2D eigenvalue weighted by Gasteiger charge is 2.39. The molecule has 0 spiro atoms. The summed E-state index contributed by atoms with van der Waals surface area (Å²) in [5.74, 6) is 1.69. The smallest absolute Gasteiger partial charge is 0.123 e. The van der Waals surface area contributed by atoms with Crippen LogP contribution in [-0.2, 0) is 6.42 Å². The van der Waals surface area contributed by atoms with Crippen LogP contribution in [0.2, 0.25) is 0 Å². The number of hydrogen-bond donors (Lipinski definition) is 0. The van der Waals surface area contributed by atoms with Gasteiger partial charge in [0.25, 0.3) is 0 Å². The Hall–Kier alpha value is -2.01. The number of nitriles is 1. The number of benzene rings is 2. The highest BCUT2D eigenvalue weighted by atomic mass is 16.5. The molecule has 1 fully saturated rings. The lowest BCUT2D eigenvalue weighted by molar-refractivity contribution is 0.289. The van der Waals surface area contributed by atoms with Crippen LogP contribution in [0, 0.1) is 17.2 Å². The Balaban J connectivity index is 1.96. The molecular formula is C17H15NO. The van der Waals surface area contributed by atoms with Crippen LogP contribution in [0.4, 0.5) is 0 Å². The molecule has 0 radical (unpaired) electrons. The quantitative estimate of drug-likeness (QED) is 0.770. The molecular weight excluding hydrogens is 234 g/mol. The maximum atomic E-state index is 9.07. The van der Waals surface area contributed by atoms with Crippen molar-refractivity contribution >= 4 is 10.8 Å². The van der Waals surface area contributed by atoms with Gasteiger partial charge in [0.05, 0.1) is 18.6 Å². The third-order valence-electron chi connectivity index (χ3n) is 4.33. The summed E-state index contributed by atoms with van der Waals surface area (Å²) in [5.41, 5.74) is 2.70. The van der Waals surface area contributed by atoms with Gasteiger partial charge in [-0.3, -0.25) is 0 Å². The van der Waals surface area contributed by atoms with Gasteiger partial charge in [0.15, 0.2) is 0 Å². The molecule has 2 aliphatic rings. The average molecular weight is 249 g/mol. The van der Waals surface area contributed by atoms with Crippen molar-refractivity contribution in [3.05, 3.63) is 41.5 Å². The number of aryl methyl sites for hydroxylation is 1. The first-order valence-corrected chi connectivity index (χ1v) is 6.95. The van der Waals surface area contributed by atoms with Crippen molar-refractivity contribution in [3.63, 3.8) is 0 Å². The van der Waals surface area contributed by atoms with Gasteiger partial charge in [0.1, 0.15) is 5.75 Å². The van der Waals surface area contributed by atoms with Crippen molar-refractivity contribution in [2.75, 3.05) is 6.61 Å². The third-order valence-corrected chi connectivity index (χ3v) is 4.33. The van der Waals surface area contributed by atoms with E-state index >= 15 is 0 Å². The zero-order chi connectivity index (χ0) is 12.8. The molecule has 1 aliphatic heterocycles. The lowest BCUT2D eigenvalue weighted by atomic mass is 9.92. The fourth-order valence-corrected chi connectivity index (χ4v) is 3.27. The molecule has 0 aromatic heterocycles. The maximum absolute atomic E-state index is 9.07. The van der Waals surface area contributed by atoms with E-state index in [0.717, 1.165) is 31.6 Å². The molecule has 0 saturated heterocycles. The minimum atomic E-state index is 0.214. The summed E-state index contributed by atoms with van der Waals surface area (Å²) in [7, 11) is 0. The molecule has 2 heteroatoms. The van der Waals surface area contributed by atoms with Gasteiger partial charge in [0, 0.05) is 11.5 Å². The molecule has 4 rings (SSSR count). The SMILES string of the molecule is N#C[C@@H]1C[C@H]1c1cccc2ccc3c(c12)CCCO3. The number of ether oxygens (including phenoxy) is 1. The topological polar surface area (TPSA) is 33.0 Å². The Bertz CT molecular complexity index is 698. The summed E-state index contributed by atoms with van der Waals surface area (Å²) in [6.07, 6.45) is 3.19. The lowest BCUT2D eigenvalue weighted by Crippen LogP contribution is -2.09. The molecule has 2 atom stereocenters. The van der Waals surface area contributed by atoms with E-state index in [1.54, 1.807) is 0 Å². The zero-order valence-electron chi connectivity index (χ0n) is 10.7. The molecule has 1 aliphatic carbocycles. The monoisotopic (exact) mass is 249 g/mol. The van der Waals surface area contributed by atoms with Gasteiger partial charge in [-0.1, -0.05) is 24.3 Å². The van der Waals surface area contributed by atoms with Gasteiger partial charge in [-0.15, -0.1) is 0 Å². The van der Waals surface area contributed by atoms with Crippen molar-refractivity contribution in [1.82, 2.24) is 0 Å². The zero-order valence-corrected chi connectivity index (χ0v) is 10.7. The van der Waals surface area contributed by atoms with Crippen LogP contribution in [0.3, 0.4) is 0 Å². The van der Waals surface area contributed by atoms with Gasteiger partial charge < -0.3 is 4.74 Å². The Morgan fingerprint density at radius 3 is 3.00 bits per heavy atom. The molecule has 2 aromatic rings. The molecule has 0 amide bonds. The first kappa shape index (κ1) is 10.9. The van der Waals surface area contributed by atoms with Crippen LogP contribution in [0.15, 0.2) is 30.3 Å². The van der Waals surface area contributed by atoms with E-state index in [4.69, 9.17) is 10.00 Å². The van der Waals surface area contributed by atoms with E-state index in [2.05, 4.69) is 36.4 Å². The predicted octanol–water partition coefficient (Wildman–Crippen LogP) is 3.79. The van der Waals surface area contributed by atoms with E-state index in [-0.39, 0.29) is 5.92 Å². The van der Waals surface area contributed by atoms with Gasteiger partial charge in [-0.25, -0.2) is 0 Å². The summed E-state index contributed by atoms with van der Waals surface area (Å²) in [4.78, 5) is 0. The van der Waals surface area contributed by atoms with Gasteiger partial charge >= 0.3 is 0 Å². The highest BCUT2D eigenvalue weighted by Crippen LogP contribution is 2.50. The van der Waals surface area contributed by atoms with E-state index < -0.39 is 0 Å². The Morgan fingerprint density at radius 2 is 2.16 bits per heavy atom. The molecule has 0 unspecified atom stereocenters. The molecule has 2 nitrogen and oxygen atoms in total. The number of rotatable bonds is 1. The number of nitrogens with zero attached hydrogens (tertiary/aromatic N) is 1. The molecule has 0 bridgehead atoms. The second-order valence-corrected chi connectivity index (χ2v) is 5.52. The molecule has 1 heterocycles. The molecule has 0 N–H and O–H groups in total. The predicted molar refractivity (Wildman–Crippen MR) is 74.2 cm³/mol. The van der Waals surface area contributed by atoms with Crippen molar-refractivity contribution in [1.29, 1.82) is 5.26 Å². The summed E-state index contributed by atoms with van der Waals surface area (Å²) in [6, 6.07) is 13.1. The van der Waals surface area contributed by atoms with Crippen molar-refractivity contribution in [2.24, 2.45) is 5.92 Å². The Labute approximate surface area is 112 Å². The maximum Gasteiger partial charge on any atom is 0.123 e. The standard InChI is InChI=1S/C17H15NO/c18-10-12-9-15(12)13-4-1-3-11-6-7-16-14(17(11)13)5-2-8-19-16/h1,3-4,6-7,12,15H,2,5,8-9H2/t12-,15+/m0/s1. The molecule has 1 saturated carbocycles. The van der Waals surface area contributed by atoms with E-state index in [9.17, 15) is 0 Å². The van der Waals surface area contributed by atoms with Gasteiger partial charge in [-0.2, -0.15) is 5.26 Å². The second kappa shape index (κ2) is 3.99. The van der Waals surface area contributed by atoms with Crippen LogP contribution < -0.4 is 4.74 Å². The lowest BCUT2D eigenvalue weighted by Gasteiger charge is -2.20. The second-order valence-electron chi connectivity index (χ2n) is 5.52. The summed E-state index contributed by atoms with van der Waals surface area (Å²) in [5, 5.41) is 11.7. The first-order chi connectivity index (χ1) is 9.38. The molecule has 2 aromatic carbocycles. The first-order valence-electron chi connectivity index (χ1n) is 6.95. The molecule has 94 valence electrons. The van der Waals surface area contributed by atoms with E-state index in [0.29, 0.717) is 5.92 Å². The van der Waals surface area contributed by atoms with Crippen LogP contribution in [-0.4, -0.2) is 6.61 Å². The van der Waals surface area contributed by atoms with Gasteiger partial charge in [-0.05, 0) is 41.7 Å². The van der Waals surface area contributed by atoms with Crippen molar-refractivity contribution < 1.29 is 4.74 Å². The van der Waals surface area contributed by atoms with Crippen LogP contribution in [0.5, 0.6) is 5.75 Å². The van der Waals surface area contributed by atoms with E-state index in [1.807, 2.05) is 0 Å². The van der Waals surface area contributed by atoms with E-state index in [1.165, 1.54) is 21.9 Å². The minimum Gasteiger partial charge on any atom is -0.493 e. The fraction of sp³-hybridized carbons (Fsp3) is 0.353. The van der Waals surface area contributed by atoms with Crippen molar-refractivity contribution in [2.45, 2.75) is 25.2 Å². The van der Waals surface area contributed by atoms with Crippen LogP contribution >= 0.6 is 0 Å². The fourth-order valence-electron chi connectivity index (χ4n) is 3.27. The minimum absolute atomic E-state index is 0.214. The summed E-state index contributed by atoms with van der Waals surface area (Å²) in [6.45, 7) is 0.824. The van der Waals surface area contributed by atoms with Crippen molar-refractivity contribution in [3.8, 4) is 11.8 Å². The number of hydrogen-bond acceptors (Lipinski definition) is 2. The summed E-state index contributed by atoms with van der Waals surface area (Å²) >= 11 is 0. The average Bonchev–Trinajstić information content (AvgIpc) is 3.26. The Morgan fingerprint density at radius 1 is 1.21 bits per heavy atom. The normalized spacial score (nSPS) is 24.4. The largest absolute Gasteiger partial charge is 0.493 e. The molecule has 19 heavy (non-hydrogen) atoms.